The van der Waals surface area contributed by atoms with Crippen molar-refractivity contribution in [3.63, 3.8) is 0 Å². The van der Waals surface area contributed by atoms with Crippen LogP contribution in [0.5, 0.6) is 0 Å². The molecule has 8 heteroatoms. The van der Waals surface area contributed by atoms with Crippen LogP contribution in [0, 0.1) is 11.8 Å². The van der Waals surface area contributed by atoms with Gasteiger partial charge in [-0.1, -0.05) is 24.6 Å². The minimum absolute atomic E-state index is 0.150. The van der Waals surface area contributed by atoms with Gasteiger partial charge in [0.2, 0.25) is 0 Å². The zero-order chi connectivity index (χ0) is 18.7. The summed E-state index contributed by atoms with van der Waals surface area (Å²) in [4.78, 5) is 29.4. The summed E-state index contributed by atoms with van der Waals surface area (Å²) in [7, 11) is 0. The summed E-state index contributed by atoms with van der Waals surface area (Å²) in [5.41, 5.74) is 1.62. The number of halogens is 1. The molecule has 1 aromatic carbocycles. The molecule has 7 nitrogen and oxygen atoms in total. The van der Waals surface area contributed by atoms with Crippen molar-refractivity contribution in [1.29, 1.82) is 0 Å². The standard InChI is InChI=1S/C18H21ClN4O3/c1-12-7-13(17(24)25)10-23(9-12)18(26)21-8-14-15(19)3-2-4-16(14)22-6-5-20-11-22/h2-6,11-13H,7-10H2,1H3,(H,21,26)(H,24,25). The lowest BCUT2D eigenvalue weighted by Gasteiger charge is -2.34. The first-order valence-electron chi connectivity index (χ1n) is 8.47. The average molecular weight is 377 g/mol. The highest BCUT2D eigenvalue weighted by molar-refractivity contribution is 6.31. The Balaban J connectivity index is 1.71. The van der Waals surface area contributed by atoms with Crippen molar-refractivity contribution < 1.29 is 14.7 Å². The summed E-state index contributed by atoms with van der Waals surface area (Å²) in [5.74, 6) is -1.23. The molecule has 0 saturated carbocycles. The highest BCUT2D eigenvalue weighted by atomic mass is 35.5. The molecule has 2 N–H and O–H groups in total. The third-order valence-corrected chi connectivity index (χ3v) is 4.94. The second-order valence-electron chi connectivity index (χ2n) is 6.65. The Bertz CT molecular complexity index is 794. The van der Waals surface area contributed by atoms with Crippen LogP contribution in [0.2, 0.25) is 5.02 Å². The van der Waals surface area contributed by atoms with Gasteiger partial charge in [0, 0.05) is 42.6 Å². The van der Waals surface area contributed by atoms with Gasteiger partial charge in [-0.2, -0.15) is 0 Å². The second kappa shape index (κ2) is 7.78. The molecule has 2 amide bonds. The number of benzene rings is 1. The molecule has 0 aliphatic carbocycles. The Labute approximate surface area is 156 Å². The van der Waals surface area contributed by atoms with Gasteiger partial charge >= 0.3 is 12.0 Å². The van der Waals surface area contributed by atoms with Gasteiger partial charge < -0.3 is 19.9 Å². The molecule has 3 rings (SSSR count). The maximum atomic E-state index is 12.6. The van der Waals surface area contributed by atoms with Crippen LogP contribution in [0.1, 0.15) is 18.9 Å². The van der Waals surface area contributed by atoms with Crippen molar-refractivity contribution in [2.24, 2.45) is 11.8 Å². The van der Waals surface area contributed by atoms with Crippen LogP contribution < -0.4 is 5.32 Å². The molecule has 1 saturated heterocycles. The minimum Gasteiger partial charge on any atom is -0.481 e. The maximum absolute atomic E-state index is 12.6. The Morgan fingerprint density at radius 2 is 2.19 bits per heavy atom. The van der Waals surface area contributed by atoms with Gasteiger partial charge in [0.05, 0.1) is 17.9 Å². The minimum atomic E-state index is -0.858. The summed E-state index contributed by atoms with van der Waals surface area (Å²) in [6.45, 7) is 2.98. The van der Waals surface area contributed by atoms with Gasteiger partial charge in [-0.25, -0.2) is 9.78 Å². The van der Waals surface area contributed by atoms with Crippen molar-refractivity contribution in [2.75, 3.05) is 13.1 Å². The number of rotatable bonds is 4. The number of aliphatic carboxylic acids is 1. The number of nitrogens with zero attached hydrogens (tertiary/aromatic N) is 3. The van der Waals surface area contributed by atoms with E-state index in [1.54, 1.807) is 29.7 Å². The van der Waals surface area contributed by atoms with E-state index in [1.807, 2.05) is 23.6 Å². The molecule has 2 heterocycles. The number of urea groups is 1. The number of aromatic nitrogens is 2. The van der Waals surface area contributed by atoms with Gasteiger partial charge in [-0.05, 0) is 24.5 Å². The van der Waals surface area contributed by atoms with Crippen LogP contribution in [0.3, 0.4) is 0 Å². The van der Waals surface area contributed by atoms with Crippen LogP contribution in [0.4, 0.5) is 4.79 Å². The number of piperidine rings is 1. The van der Waals surface area contributed by atoms with E-state index < -0.39 is 11.9 Å². The van der Waals surface area contributed by atoms with E-state index in [-0.39, 0.29) is 25.0 Å². The monoisotopic (exact) mass is 376 g/mol. The number of amides is 2. The second-order valence-corrected chi connectivity index (χ2v) is 7.05. The summed E-state index contributed by atoms with van der Waals surface area (Å²) in [6, 6.07) is 5.23. The van der Waals surface area contributed by atoms with Crippen LogP contribution in [0.15, 0.2) is 36.9 Å². The fraction of sp³-hybridized carbons (Fsp3) is 0.389. The van der Waals surface area contributed by atoms with Crippen molar-refractivity contribution in [1.82, 2.24) is 19.8 Å². The number of likely N-dealkylation sites (tertiary alicyclic amines) is 1. The van der Waals surface area contributed by atoms with E-state index in [0.29, 0.717) is 18.0 Å². The van der Waals surface area contributed by atoms with Crippen LogP contribution in [0.25, 0.3) is 5.69 Å². The Morgan fingerprint density at radius 3 is 2.88 bits per heavy atom. The average Bonchev–Trinajstić information content (AvgIpc) is 3.14. The zero-order valence-electron chi connectivity index (χ0n) is 14.4. The van der Waals surface area contributed by atoms with E-state index >= 15 is 0 Å². The van der Waals surface area contributed by atoms with Gasteiger partial charge in [0.1, 0.15) is 0 Å². The molecule has 1 fully saturated rings. The Hall–Kier alpha value is -2.54. The Morgan fingerprint density at radius 1 is 1.38 bits per heavy atom. The summed E-state index contributed by atoms with van der Waals surface area (Å²) >= 11 is 6.33. The number of nitrogens with one attached hydrogen (secondary N) is 1. The third kappa shape index (κ3) is 3.99. The van der Waals surface area contributed by atoms with Gasteiger partial charge in [-0.3, -0.25) is 4.79 Å². The molecule has 26 heavy (non-hydrogen) atoms. The molecular formula is C18H21ClN4O3. The van der Waals surface area contributed by atoms with E-state index in [1.165, 1.54) is 0 Å². The molecule has 0 radical (unpaired) electrons. The highest BCUT2D eigenvalue weighted by Gasteiger charge is 2.31. The number of carboxylic acid groups (broad SMARTS) is 1. The molecule has 2 aromatic rings. The van der Waals surface area contributed by atoms with Gasteiger partial charge in [-0.15, -0.1) is 0 Å². The first-order chi connectivity index (χ1) is 12.5. The van der Waals surface area contributed by atoms with Crippen molar-refractivity contribution in [2.45, 2.75) is 19.9 Å². The fourth-order valence-electron chi connectivity index (χ4n) is 3.34. The lowest BCUT2D eigenvalue weighted by Crippen LogP contribution is -2.49. The molecule has 1 aliphatic heterocycles. The predicted molar refractivity (Wildman–Crippen MR) is 97.3 cm³/mol. The van der Waals surface area contributed by atoms with Crippen LogP contribution in [-0.4, -0.2) is 44.6 Å². The molecule has 1 aromatic heterocycles. The number of imidazole rings is 1. The smallest absolute Gasteiger partial charge is 0.317 e. The number of hydrogen-bond acceptors (Lipinski definition) is 3. The van der Waals surface area contributed by atoms with Crippen molar-refractivity contribution >= 4 is 23.6 Å². The van der Waals surface area contributed by atoms with E-state index in [9.17, 15) is 14.7 Å². The van der Waals surface area contributed by atoms with Crippen LogP contribution >= 0.6 is 11.6 Å². The number of carbonyl (C=O) groups excluding carboxylic acids is 1. The molecule has 2 unspecified atom stereocenters. The highest BCUT2D eigenvalue weighted by Crippen LogP contribution is 2.24. The topological polar surface area (TPSA) is 87.5 Å². The number of carbonyl (C=O) groups is 2. The van der Waals surface area contributed by atoms with E-state index in [2.05, 4.69) is 10.3 Å². The lowest BCUT2D eigenvalue weighted by molar-refractivity contribution is -0.143. The summed E-state index contributed by atoms with van der Waals surface area (Å²) < 4.78 is 1.83. The van der Waals surface area contributed by atoms with Crippen LogP contribution in [-0.2, 0) is 11.3 Å². The van der Waals surface area contributed by atoms with Crippen molar-refractivity contribution in [3.8, 4) is 5.69 Å². The first-order valence-corrected chi connectivity index (χ1v) is 8.84. The predicted octanol–water partition coefficient (Wildman–Crippen LogP) is 2.78. The SMILES string of the molecule is CC1CC(C(=O)O)CN(C(=O)NCc2c(Cl)cccc2-n2ccnc2)C1. The zero-order valence-corrected chi connectivity index (χ0v) is 15.2. The number of carboxylic acids is 1. The number of hydrogen-bond donors (Lipinski definition) is 2. The largest absolute Gasteiger partial charge is 0.481 e. The van der Waals surface area contributed by atoms with Gasteiger partial charge in [0.25, 0.3) is 0 Å². The first kappa shape index (κ1) is 18.3. The molecule has 138 valence electrons. The Kier molecular flexibility index (Phi) is 5.46. The van der Waals surface area contributed by atoms with Gasteiger partial charge in [0.15, 0.2) is 0 Å². The maximum Gasteiger partial charge on any atom is 0.317 e. The van der Waals surface area contributed by atoms with E-state index in [4.69, 9.17) is 11.6 Å². The summed E-state index contributed by atoms with van der Waals surface area (Å²) in [6.07, 6.45) is 5.74. The van der Waals surface area contributed by atoms with Crippen molar-refractivity contribution in [3.05, 3.63) is 47.5 Å². The lowest BCUT2D eigenvalue weighted by atomic mass is 9.91. The molecule has 0 spiro atoms. The van der Waals surface area contributed by atoms with E-state index in [0.717, 1.165) is 11.3 Å². The molecule has 0 bridgehead atoms. The molecule has 1 aliphatic rings. The summed E-state index contributed by atoms with van der Waals surface area (Å²) in [5, 5.41) is 12.7. The molecule has 2 atom stereocenters. The molecular weight excluding hydrogens is 356 g/mol. The fourth-order valence-corrected chi connectivity index (χ4v) is 3.57. The third-order valence-electron chi connectivity index (χ3n) is 4.59. The normalized spacial score (nSPS) is 20.0. The quantitative estimate of drug-likeness (QED) is 0.858.